The maximum Gasteiger partial charge on any atom is 0.222 e. The Balaban J connectivity index is 1.75. The van der Waals surface area contributed by atoms with Crippen LogP contribution in [0.15, 0.2) is 0 Å². The predicted octanol–water partition coefficient (Wildman–Crippen LogP) is 0.526. The summed E-state index contributed by atoms with van der Waals surface area (Å²) in [6.07, 6.45) is 4.25. The van der Waals surface area contributed by atoms with Gasteiger partial charge in [0, 0.05) is 32.0 Å². The Kier molecular flexibility index (Phi) is 3.73. The molecule has 98 valence electrons. The van der Waals surface area contributed by atoms with Gasteiger partial charge in [-0.1, -0.05) is 0 Å². The molecule has 0 bridgehead atoms. The summed E-state index contributed by atoms with van der Waals surface area (Å²) in [4.78, 5) is 16.3. The number of likely N-dealkylation sites (tertiary alicyclic amines) is 1. The maximum atomic E-state index is 12.1. The molecular weight excluding hydrogens is 214 g/mol. The largest absolute Gasteiger partial charge is 0.345 e. The molecule has 2 fully saturated rings. The lowest BCUT2D eigenvalue weighted by Crippen LogP contribution is -2.36. The summed E-state index contributed by atoms with van der Waals surface area (Å²) >= 11 is 0. The molecule has 2 aliphatic rings. The molecule has 1 unspecified atom stereocenters. The van der Waals surface area contributed by atoms with E-state index in [1.807, 2.05) is 11.9 Å². The van der Waals surface area contributed by atoms with E-state index in [-0.39, 0.29) is 5.41 Å². The summed E-state index contributed by atoms with van der Waals surface area (Å²) in [5, 5.41) is 0. The summed E-state index contributed by atoms with van der Waals surface area (Å²) in [5.41, 5.74) is 6.02. The van der Waals surface area contributed by atoms with Crippen molar-refractivity contribution in [3.05, 3.63) is 0 Å². The summed E-state index contributed by atoms with van der Waals surface area (Å²) in [6.45, 7) is 3.78. The van der Waals surface area contributed by atoms with Crippen molar-refractivity contribution in [1.82, 2.24) is 9.80 Å². The van der Waals surface area contributed by atoms with Gasteiger partial charge < -0.3 is 15.5 Å². The Morgan fingerprint density at radius 1 is 1.53 bits per heavy atom. The standard InChI is InChI=1S/C13H25N3O/c1-15-6-3-11(8-15)7-12(17)16(2)10-13(9-14)4-5-13/h11H,3-10,14H2,1-2H3. The maximum absolute atomic E-state index is 12.1. The van der Waals surface area contributed by atoms with Crippen LogP contribution in [0.25, 0.3) is 0 Å². The molecule has 1 atom stereocenters. The summed E-state index contributed by atoms with van der Waals surface area (Å²) in [6, 6.07) is 0. The third kappa shape index (κ3) is 3.19. The Hall–Kier alpha value is -0.610. The molecule has 2 rings (SSSR count). The highest BCUT2D eigenvalue weighted by Gasteiger charge is 2.42. The molecule has 1 saturated carbocycles. The fourth-order valence-electron chi connectivity index (χ4n) is 2.79. The van der Waals surface area contributed by atoms with Crippen LogP contribution in [-0.2, 0) is 4.79 Å². The SMILES string of the molecule is CN1CCC(CC(=O)N(C)CC2(CN)CC2)C1. The lowest BCUT2D eigenvalue weighted by Gasteiger charge is -2.24. The number of carbonyl (C=O) groups excluding carboxylic acids is 1. The molecule has 0 spiro atoms. The molecule has 1 aliphatic heterocycles. The third-order valence-electron chi connectivity index (χ3n) is 4.34. The predicted molar refractivity (Wildman–Crippen MR) is 68.6 cm³/mol. The second-order valence-corrected chi connectivity index (χ2v) is 6.07. The molecule has 1 aliphatic carbocycles. The highest BCUT2D eigenvalue weighted by atomic mass is 16.2. The van der Waals surface area contributed by atoms with Gasteiger partial charge >= 0.3 is 0 Å². The van der Waals surface area contributed by atoms with E-state index in [4.69, 9.17) is 5.73 Å². The number of carbonyl (C=O) groups is 1. The van der Waals surface area contributed by atoms with Crippen molar-refractivity contribution in [3.63, 3.8) is 0 Å². The van der Waals surface area contributed by atoms with Gasteiger partial charge in [-0.05, 0) is 45.3 Å². The highest BCUT2D eigenvalue weighted by Crippen LogP contribution is 2.45. The van der Waals surface area contributed by atoms with Crippen LogP contribution in [0.5, 0.6) is 0 Å². The topological polar surface area (TPSA) is 49.6 Å². The van der Waals surface area contributed by atoms with E-state index < -0.39 is 0 Å². The highest BCUT2D eigenvalue weighted by molar-refractivity contribution is 5.76. The van der Waals surface area contributed by atoms with E-state index in [0.29, 0.717) is 18.2 Å². The number of rotatable bonds is 5. The van der Waals surface area contributed by atoms with Gasteiger partial charge in [-0.15, -0.1) is 0 Å². The second-order valence-electron chi connectivity index (χ2n) is 6.07. The fraction of sp³-hybridized carbons (Fsp3) is 0.923. The Labute approximate surface area is 104 Å². The molecule has 0 aromatic carbocycles. The first-order valence-electron chi connectivity index (χ1n) is 6.67. The summed E-state index contributed by atoms with van der Waals surface area (Å²) < 4.78 is 0. The number of amides is 1. The molecule has 17 heavy (non-hydrogen) atoms. The van der Waals surface area contributed by atoms with Crippen molar-refractivity contribution >= 4 is 5.91 Å². The average Bonchev–Trinajstić information content (AvgIpc) is 2.95. The minimum Gasteiger partial charge on any atom is -0.345 e. The van der Waals surface area contributed by atoms with Crippen LogP contribution in [0.1, 0.15) is 25.7 Å². The molecule has 1 heterocycles. The van der Waals surface area contributed by atoms with Crippen LogP contribution in [0.3, 0.4) is 0 Å². The molecule has 0 aromatic heterocycles. The monoisotopic (exact) mass is 239 g/mol. The van der Waals surface area contributed by atoms with Crippen molar-refractivity contribution in [2.75, 3.05) is 40.3 Å². The van der Waals surface area contributed by atoms with Crippen LogP contribution >= 0.6 is 0 Å². The number of nitrogens with two attached hydrogens (primary N) is 1. The normalized spacial score (nSPS) is 27.1. The van der Waals surface area contributed by atoms with E-state index in [9.17, 15) is 4.79 Å². The van der Waals surface area contributed by atoms with Gasteiger partial charge in [0.15, 0.2) is 0 Å². The summed E-state index contributed by atoms with van der Waals surface area (Å²) in [5.74, 6) is 0.855. The zero-order chi connectivity index (χ0) is 12.5. The molecule has 1 saturated heterocycles. The van der Waals surface area contributed by atoms with Gasteiger partial charge in [0.2, 0.25) is 5.91 Å². The first kappa shape index (κ1) is 12.8. The zero-order valence-electron chi connectivity index (χ0n) is 11.1. The average molecular weight is 239 g/mol. The number of hydrogen-bond acceptors (Lipinski definition) is 3. The molecular formula is C13H25N3O. The molecule has 4 heteroatoms. The second kappa shape index (κ2) is 4.94. The van der Waals surface area contributed by atoms with Crippen LogP contribution in [0.2, 0.25) is 0 Å². The van der Waals surface area contributed by atoms with Crippen molar-refractivity contribution < 1.29 is 4.79 Å². The van der Waals surface area contributed by atoms with Gasteiger partial charge in [0.25, 0.3) is 0 Å². The summed E-state index contributed by atoms with van der Waals surface area (Å²) in [7, 11) is 4.05. The Morgan fingerprint density at radius 2 is 2.24 bits per heavy atom. The first-order valence-corrected chi connectivity index (χ1v) is 6.67. The van der Waals surface area contributed by atoms with E-state index in [0.717, 1.165) is 32.6 Å². The molecule has 2 N–H and O–H groups in total. The van der Waals surface area contributed by atoms with Crippen molar-refractivity contribution in [3.8, 4) is 0 Å². The molecule has 1 amide bonds. The van der Waals surface area contributed by atoms with Gasteiger partial charge in [-0.3, -0.25) is 4.79 Å². The number of hydrogen-bond donors (Lipinski definition) is 1. The van der Waals surface area contributed by atoms with Crippen molar-refractivity contribution in [2.45, 2.75) is 25.7 Å². The Morgan fingerprint density at radius 3 is 2.71 bits per heavy atom. The van der Waals surface area contributed by atoms with Gasteiger partial charge in [0.1, 0.15) is 0 Å². The van der Waals surface area contributed by atoms with Gasteiger partial charge in [-0.2, -0.15) is 0 Å². The minimum atomic E-state index is 0.261. The van der Waals surface area contributed by atoms with E-state index in [1.54, 1.807) is 0 Å². The van der Waals surface area contributed by atoms with Crippen LogP contribution in [0, 0.1) is 11.3 Å². The Bertz CT molecular complexity index is 288. The van der Waals surface area contributed by atoms with Gasteiger partial charge in [0.05, 0.1) is 0 Å². The fourth-order valence-corrected chi connectivity index (χ4v) is 2.79. The van der Waals surface area contributed by atoms with Crippen LogP contribution in [0.4, 0.5) is 0 Å². The minimum absolute atomic E-state index is 0.261. The van der Waals surface area contributed by atoms with Crippen LogP contribution < -0.4 is 5.73 Å². The lowest BCUT2D eigenvalue weighted by molar-refractivity contribution is -0.131. The smallest absolute Gasteiger partial charge is 0.222 e. The zero-order valence-corrected chi connectivity index (χ0v) is 11.1. The first-order chi connectivity index (χ1) is 8.04. The molecule has 0 aromatic rings. The molecule has 4 nitrogen and oxygen atoms in total. The quantitative estimate of drug-likeness (QED) is 0.761. The van der Waals surface area contributed by atoms with Crippen molar-refractivity contribution in [2.24, 2.45) is 17.1 Å². The lowest BCUT2D eigenvalue weighted by atomic mass is 10.0. The number of nitrogens with zero attached hydrogens (tertiary/aromatic N) is 2. The van der Waals surface area contributed by atoms with Gasteiger partial charge in [-0.25, -0.2) is 0 Å². The van der Waals surface area contributed by atoms with E-state index >= 15 is 0 Å². The van der Waals surface area contributed by atoms with Crippen LogP contribution in [-0.4, -0.2) is 56.0 Å². The van der Waals surface area contributed by atoms with E-state index in [2.05, 4.69) is 11.9 Å². The van der Waals surface area contributed by atoms with Crippen molar-refractivity contribution in [1.29, 1.82) is 0 Å². The third-order valence-corrected chi connectivity index (χ3v) is 4.34. The molecule has 0 radical (unpaired) electrons. The van der Waals surface area contributed by atoms with E-state index in [1.165, 1.54) is 12.8 Å².